The fraction of sp³-hybridized carbons (Fsp3) is 0.611. The molecule has 0 aromatic carbocycles. The average Bonchev–Trinajstić information content (AvgIpc) is 2.56. The van der Waals surface area contributed by atoms with Crippen LogP contribution in [-0.2, 0) is 4.74 Å². The Morgan fingerprint density at radius 2 is 1.89 bits per heavy atom. The first-order chi connectivity index (χ1) is 12.6. The number of nitrogens with zero attached hydrogens (tertiary/aromatic N) is 1. The molecule has 8 nitrogen and oxygen atoms in total. The molecule has 1 aliphatic carbocycles. The third kappa shape index (κ3) is 5.97. The van der Waals surface area contributed by atoms with E-state index in [4.69, 9.17) is 15.2 Å². The SMILES string of the molecule is COc1nc(NC2CCC(OC(=O)NC(C)(C)C)CC2)c(F)cc1C(N)=O. The molecule has 0 unspecified atom stereocenters. The van der Waals surface area contributed by atoms with E-state index in [1.54, 1.807) is 0 Å². The molecule has 1 fully saturated rings. The van der Waals surface area contributed by atoms with Gasteiger partial charge >= 0.3 is 6.09 Å². The number of nitrogens with one attached hydrogen (secondary N) is 2. The number of primary amides is 1. The third-order valence-corrected chi connectivity index (χ3v) is 4.17. The molecule has 4 N–H and O–H groups in total. The minimum absolute atomic E-state index is 0.00620. The van der Waals surface area contributed by atoms with Crippen LogP contribution in [0.2, 0.25) is 0 Å². The van der Waals surface area contributed by atoms with Gasteiger partial charge in [-0.15, -0.1) is 0 Å². The lowest BCUT2D eigenvalue weighted by molar-refractivity contribution is 0.0681. The van der Waals surface area contributed by atoms with Crippen molar-refractivity contribution in [1.29, 1.82) is 0 Å². The molecule has 0 aliphatic heterocycles. The highest BCUT2D eigenvalue weighted by molar-refractivity contribution is 5.95. The van der Waals surface area contributed by atoms with E-state index in [-0.39, 0.29) is 34.9 Å². The van der Waals surface area contributed by atoms with Gasteiger partial charge < -0.3 is 25.8 Å². The van der Waals surface area contributed by atoms with E-state index in [2.05, 4.69) is 15.6 Å². The van der Waals surface area contributed by atoms with Crippen LogP contribution in [0.1, 0.15) is 56.8 Å². The number of carbonyl (C=O) groups excluding carboxylic acids is 2. The van der Waals surface area contributed by atoms with Gasteiger partial charge in [0, 0.05) is 11.6 Å². The first-order valence-corrected chi connectivity index (χ1v) is 8.88. The van der Waals surface area contributed by atoms with Crippen LogP contribution in [0.15, 0.2) is 6.07 Å². The Balaban J connectivity index is 1.92. The number of halogens is 1. The monoisotopic (exact) mass is 382 g/mol. The van der Waals surface area contributed by atoms with Crippen molar-refractivity contribution in [3.05, 3.63) is 17.4 Å². The average molecular weight is 382 g/mol. The lowest BCUT2D eigenvalue weighted by atomic mass is 9.93. The number of amides is 2. The molecular weight excluding hydrogens is 355 g/mol. The summed E-state index contributed by atoms with van der Waals surface area (Å²) < 4.78 is 24.7. The van der Waals surface area contributed by atoms with Crippen LogP contribution < -0.4 is 21.1 Å². The topological polar surface area (TPSA) is 116 Å². The Kier molecular flexibility index (Phi) is 6.45. The highest BCUT2D eigenvalue weighted by Crippen LogP contribution is 2.27. The zero-order valence-electron chi connectivity index (χ0n) is 16.1. The number of aromatic nitrogens is 1. The first kappa shape index (κ1) is 20.7. The van der Waals surface area contributed by atoms with Crippen LogP contribution >= 0.6 is 0 Å². The van der Waals surface area contributed by atoms with E-state index < -0.39 is 17.8 Å². The number of ether oxygens (including phenoxy) is 2. The second-order valence-corrected chi connectivity index (χ2v) is 7.64. The molecule has 150 valence electrons. The van der Waals surface area contributed by atoms with Crippen LogP contribution in [0.25, 0.3) is 0 Å². The quantitative estimate of drug-likeness (QED) is 0.721. The summed E-state index contributed by atoms with van der Waals surface area (Å²) in [6.45, 7) is 5.65. The zero-order valence-corrected chi connectivity index (χ0v) is 16.1. The molecule has 9 heteroatoms. The smallest absolute Gasteiger partial charge is 0.407 e. The van der Waals surface area contributed by atoms with Gasteiger partial charge in [0.1, 0.15) is 11.7 Å². The zero-order chi connectivity index (χ0) is 20.2. The number of carbonyl (C=O) groups is 2. The maximum Gasteiger partial charge on any atom is 0.407 e. The van der Waals surface area contributed by atoms with Gasteiger partial charge in [0.05, 0.1) is 7.11 Å². The summed E-state index contributed by atoms with van der Waals surface area (Å²) in [7, 11) is 1.33. The second-order valence-electron chi connectivity index (χ2n) is 7.64. The molecule has 27 heavy (non-hydrogen) atoms. The van der Waals surface area contributed by atoms with Crippen LogP contribution in [0.5, 0.6) is 5.88 Å². The Morgan fingerprint density at radius 3 is 2.41 bits per heavy atom. The van der Waals surface area contributed by atoms with Crippen LogP contribution in [0, 0.1) is 5.82 Å². The first-order valence-electron chi connectivity index (χ1n) is 8.88. The minimum atomic E-state index is -0.809. The molecule has 0 radical (unpaired) electrons. The van der Waals surface area contributed by atoms with Crippen molar-refractivity contribution < 1.29 is 23.5 Å². The van der Waals surface area contributed by atoms with Crippen molar-refractivity contribution in [2.75, 3.05) is 12.4 Å². The highest BCUT2D eigenvalue weighted by Gasteiger charge is 2.26. The second kappa shape index (κ2) is 8.41. The number of alkyl carbamates (subject to hydrolysis) is 1. The number of methoxy groups -OCH3 is 1. The predicted octanol–water partition coefficient (Wildman–Crippen LogP) is 2.58. The van der Waals surface area contributed by atoms with E-state index >= 15 is 0 Å². The number of hydrogen-bond donors (Lipinski definition) is 3. The Hall–Kier alpha value is -2.58. The Labute approximate surface area is 158 Å². The summed E-state index contributed by atoms with van der Waals surface area (Å²) in [4.78, 5) is 27.2. The maximum absolute atomic E-state index is 14.2. The van der Waals surface area contributed by atoms with Crippen molar-refractivity contribution in [3.8, 4) is 5.88 Å². The van der Waals surface area contributed by atoms with Gasteiger partial charge in [-0.3, -0.25) is 4.79 Å². The third-order valence-electron chi connectivity index (χ3n) is 4.17. The lowest BCUT2D eigenvalue weighted by Crippen LogP contribution is -2.43. The van der Waals surface area contributed by atoms with Gasteiger partial charge in [-0.25, -0.2) is 9.18 Å². The molecule has 1 aliphatic rings. The van der Waals surface area contributed by atoms with Gasteiger partial charge in [-0.1, -0.05) is 0 Å². The molecule has 0 atom stereocenters. The summed E-state index contributed by atoms with van der Waals surface area (Å²) in [5.74, 6) is -1.50. The highest BCUT2D eigenvalue weighted by atomic mass is 19.1. The number of rotatable bonds is 5. The van der Waals surface area contributed by atoms with Crippen molar-refractivity contribution in [3.63, 3.8) is 0 Å². The molecule has 2 rings (SSSR count). The van der Waals surface area contributed by atoms with Crippen LogP contribution in [0.3, 0.4) is 0 Å². The van der Waals surface area contributed by atoms with E-state index in [0.717, 1.165) is 6.07 Å². The summed E-state index contributed by atoms with van der Waals surface area (Å²) in [6.07, 6.45) is 2.09. The van der Waals surface area contributed by atoms with Crippen molar-refractivity contribution in [2.45, 2.75) is 64.1 Å². The summed E-state index contributed by atoms with van der Waals surface area (Å²) in [5, 5.41) is 5.79. The molecule has 1 aromatic rings. The number of nitrogens with two attached hydrogens (primary N) is 1. The van der Waals surface area contributed by atoms with Crippen LogP contribution in [-0.4, -0.2) is 41.8 Å². The van der Waals surface area contributed by atoms with Gasteiger partial charge in [0.25, 0.3) is 5.91 Å². The normalized spacial score (nSPS) is 19.9. The van der Waals surface area contributed by atoms with Gasteiger partial charge in [-0.05, 0) is 52.5 Å². The number of hydrogen-bond acceptors (Lipinski definition) is 6. The number of pyridine rings is 1. The van der Waals surface area contributed by atoms with E-state index in [9.17, 15) is 14.0 Å². The standard InChI is InChI=1S/C18H27FN4O4/c1-18(2,3)23-17(25)27-11-7-5-10(6-8-11)21-15-13(19)9-12(14(20)24)16(22-15)26-4/h9-11H,5-8H2,1-4H3,(H2,20,24)(H,21,22)(H,23,25). The van der Waals surface area contributed by atoms with E-state index in [1.165, 1.54) is 7.11 Å². The van der Waals surface area contributed by atoms with Gasteiger partial charge in [0.2, 0.25) is 5.88 Å². The van der Waals surface area contributed by atoms with E-state index in [0.29, 0.717) is 25.7 Å². The summed E-state index contributed by atoms with van der Waals surface area (Å²) in [5.41, 5.74) is 4.73. The van der Waals surface area contributed by atoms with Crippen molar-refractivity contribution in [2.24, 2.45) is 5.73 Å². The summed E-state index contributed by atoms with van der Waals surface area (Å²) in [6, 6.07) is 0.990. The Morgan fingerprint density at radius 1 is 1.26 bits per heavy atom. The fourth-order valence-electron chi connectivity index (χ4n) is 2.91. The molecule has 2 amide bonds. The molecule has 0 spiro atoms. The molecule has 1 saturated carbocycles. The van der Waals surface area contributed by atoms with E-state index in [1.807, 2.05) is 20.8 Å². The Bertz CT molecular complexity index is 697. The largest absolute Gasteiger partial charge is 0.480 e. The molecule has 0 bridgehead atoms. The fourth-order valence-corrected chi connectivity index (χ4v) is 2.91. The van der Waals surface area contributed by atoms with Crippen LogP contribution in [0.4, 0.5) is 15.0 Å². The maximum atomic E-state index is 14.2. The van der Waals surface area contributed by atoms with Crippen molar-refractivity contribution in [1.82, 2.24) is 10.3 Å². The molecule has 0 saturated heterocycles. The summed E-state index contributed by atoms with van der Waals surface area (Å²) >= 11 is 0. The minimum Gasteiger partial charge on any atom is -0.480 e. The van der Waals surface area contributed by atoms with Crippen molar-refractivity contribution >= 4 is 17.8 Å². The van der Waals surface area contributed by atoms with Gasteiger partial charge in [-0.2, -0.15) is 4.98 Å². The lowest BCUT2D eigenvalue weighted by Gasteiger charge is -2.30. The number of anilines is 1. The molecular formula is C18H27FN4O4. The predicted molar refractivity (Wildman–Crippen MR) is 98.3 cm³/mol. The van der Waals surface area contributed by atoms with Gasteiger partial charge in [0.15, 0.2) is 11.6 Å². The molecule has 1 aromatic heterocycles. The molecule has 1 heterocycles.